The summed E-state index contributed by atoms with van der Waals surface area (Å²) in [5.74, 6) is -1.28. The summed E-state index contributed by atoms with van der Waals surface area (Å²) in [6, 6.07) is 3.88. The summed E-state index contributed by atoms with van der Waals surface area (Å²) in [6.45, 7) is 7.20. The molecule has 0 bridgehead atoms. The molecular formula is C18H18FNO3. The molecule has 2 rings (SSSR count). The molecule has 0 amide bonds. The van der Waals surface area contributed by atoms with Crippen molar-refractivity contribution in [1.82, 2.24) is 0 Å². The Bertz CT molecular complexity index is 758. The maximum atomic E-state index is 13.2. The molecule has 0 unspecified atom stereocenters. The number of carbonyl (C=O) groups excluding carboxylic acids is 2. The second kappa shape index (κ2) is 6.69. The second-order valence-electron chi connectivity index (χ2n) is 5.76. The number of carbonyl (C=O) groups is 2. The van der Waals surface area contributed by atoms with Gasteiger partial charge in [-0.2, -0.15) is 0 Å². The van der Waals surface area contributed by atoms with Crippen LogP contribution >= 0.6 is 0 Å². The third-order valence-electron chi connectivity index (χ3n) is 3.60. The first-order chi connectivity index (χ1) is 10.8. The van der Waals surface area contributed by atoms with E-state index in [1.807, 2.05) is 13.8 Å². The molecule has 0 spiro atoms. The highest BCUT2D eigenvalue weighted by atomic mass is 19.1. The average molecular weight is 315 g/mol. The standard InChI is InChI=1S/C18H18FNO3/c1-10(2)14-9-16(12(4)7-17(14)21)20-23-18(22)15-8-13(19)6-5-11(15)3/h5-10H,1-4H3/b20-16+. The highest BCUT2D eigenvalue weighted by Crippen LogP contribution is 2.20. The topological polar surface area (TPSA) is 55.7 Å². The van der Waals surface area contributed by atoms with Gasteiger partial charge in [0.05, 0.1) is 5.56 Å². The minimum absolute atomic E-state index is 0.0400. The zero-order valence-corrected chi connectivity index (χ0v) is 13.5. The molecule has 0 atom stereocenters. The summed E-state index contributed by atoms with van der Waals surface area (Å²) in [4.78, 5) is 28.9. The van der Waals surface area contributed by atoms with Crippen LogP contribution in [0.3, 0.4) is 0 Å². The van der Waals surface area contributed by atoms with Crippen molar-refractivity contribution in [2.75, 3.05) is 0 Å². The van der Waals surface area contributed by atoms with Crippen molar-refractivity contribution in [2.24, 2.45) is 11.1 Å². The zero-order chi connectivity index (χ0) is 17.1. The molecule has 0 radical (unpaired) electrons. The number of halogens is 1. The van der Waals surface area contributed by atoms with Crippen molar-refractivity contribution in [3.05, 3.63) is 58.4 Å². The summed E-state index contributed by atoms with van der Waals surface area (Å²) in [6.07, 6.45) is 3.09. The third kappa shape index (κ3) is 3.80. The summed E-state index contributed by atoms with van der Waals surface area (Å²) >= 11 is 0. The summed E-state index contributed by atoms with van der Waals surface area (Å²) < 4.78 is 13.2. The SMILES string of the molecule is CC1=CC(=O)C(C(C)C)=C/C1=N\OC(=O)c1cc(F)ccc1C. The van der Waals surface area contributed by atoms with Crippen molar-refractivity contribution in [1.29, 1.82) is 0 Å². The van der Waals surface area contributed by atoms with Crippen LogP contribution in [-0.2, 0) is 9.63 Å². The molecule has 1 aliphatic carbocycles. The van der Waals surface area contributed by atoms with Gasteiger partial charge in [0.25, 0.3) is 0 Å². The number of rotatable bonds is 3. The van der Waals surface area contributed by atoms with E-state index in [0.717, 1.165) is 6.07 Å². The maximum absolute atomic E-state index is 13.2. The smallest absolute Gasteiger partial charge is 0.312 e. The van der Waals surface area contributed by atoms with E-state index in [4.69, 9.17) is 4.84 Å². The molecule has 4 nitrogen and oxygen atoms in total. The van der Waals surface area contributed by atoms with Crippen LogP contribution in [0.1, 0.15) is 36.7 Å². The molecule has 0 fully saturated rings. The lowest BCUT2D eigenvalue weighted by atomic mass is 9.90. The number of ketones is 1. The second-order valence-corrected chi connectivity index (χ2v) is 5.76. The summed E-state index contributed by atoms with van der Waals surface area (Å²) in [7, 11) is 0. The Morgan fingerprint density at radius 2 is 1.91 bits per heavy atom. The number of benzene rings is 1. The van der Waals surface area contributed by atoms with E-state index < -0.39 is 11.8 Å². The Balaban J connectivity index is 2.25. The lowest BCUT2D eigenvalue weighted by Crippen LogP contribution is -2.16. The minimum Gasteiger partial charge on any atom is -0.312 e. The van der Waals surface area contributed by atoms with Crippen LogP contribution in [-0.4, -0.2) is 17.5 Å². The molecular weight excluding hydrogens is 297 g/mol. The van der Waals surface area contributed by atoms with E-state index in [1.54, 1.807) is 19.9 Å². The Hall–Kier alpha value is -2.56. The molecule has 1 aromatic carbocycles. The van der Waals surface area contributed by atoms with Gasteiger partial charge in [0.1, 0.15) is 11.5 Å². The van der Waals surface area contributed by atoms with Crippen LogP contribution in [0.15, 0.2) is 46.7 Å². The molecule has 1 aromatic rings. The van der Waals surface area contributed by atoms with Crippen molar-refractivity contribution in [2.45, 2.75) is 27.7 Å². The molecule has 23 heavy (non-hydrogen) atoms. The van der Waals surface area contributed by atoms with Crippen molar-refractivity contribution in [3.63, 3.8) is 0 Å². The third-order valence-corrected chi connectivity index (χ3v) is 3.60. The molecule has 0 N–H and O–H groups in total. The van der Waals surface area contributed by atoms with Gasteiger partial charge in [0, 0.05) is 5.57 Å². The van der Waals surface area contributed by atoms with Gasteiger partial charge >= 0.3 is 5.97 Å². The highest BCUT2D eigenvalue weighted by Gasteiger charge is 2.20. The molecule has 120 valence electrons. The number of oxime groups is 1. The summed E-state index contributed by atoms with van der Waals surface area (Å²) in [5.41, 5.74) is 2.35. The lowest BCUT2D eigenvalue weighted by molar-refractivity contribution is -0.111. The quantitative estimate of drug-likeness (QED) is 0.485. The molecule has 0 heterocycles. The molecule has 0 saturated heterocycles. The van der Waals surface area contributed by atoms with Gasteiger partial charge in [0.2, 0.25) is 0 Å². The van der Waals surface area contributed by atoms with Crippen molar-refractivity contribution < 1.29 is 18.8 Å². The fourth-order valence-corrected chi connectivity index (χ4v) is 2.19. The Morgan fingerprint density at radius 3 is 2.57 bits per heavy atom. The van der Waals surface area contributed by atoms with Gasteiger partial charge in [-0.05, 0) is 55.2 Å². The Labute approximate surface area is 134 Å². The van der Waals surface area contributed by atoms with Crippen molar-refractivity contribution in [3.8, 4) is 0 Å². The first kappa shape index (κ1) is 16.8. The van der Waals surface area contributed by atoms with E-state index in [1.165, 1.54) is 18.2 Å². The Morgan fingerprint density at radius 1 is 1.22 bits per heavy atom. The minimum atomic E-state index is -0.737. The fraction of sp³-hybridized carbons (Fsp3) is 0.278. The normalized spacial score (nSPS) is 16.4. The predicted molar refractivity (Wildman–Crippen MR) is 85.7 cm³/mol. The number of allylic oxidation sites excluding steroid dienone is 4. The van der Waals surface area contributed by atoms with Crippen LogP contribution in [0.2, 0.25) is 0 Å². The molecule has 5 heteroatoms. The van der Waals surface area contributed by atoms with Crippen LogP contribution in [0.5, 0.6) is 0 Å². The van der Waals surface area contributed by atoms with Gasteiger partial charge in [-0.15, -0.1) is 0 Å². The molecule has 0 aliphatic heterocycles. The van der Waals surface area contributed by atoms with E-state index in [-0.39, 0.29) is 17.3 Å². The van der Waals surface area contributed by atoms with Crippen LogP contribution in [0.4, 0.5) is 4.39 Å². The first-order valence-corrected chi connectivity index (χ1v) is 7.29. The fourth-order valence-electron chi connectivity index (χ4n) is 2.19. The van der Waals surface area contributed by atoms with Crippen LogP contribution in [0.25, 0.3) is 0 Å². The first-order valence-electron chi connectivity index (χ1n) is 7.29. The van der Waals surface area contributed by atoms with Crippen LogP contribution < -0.4 is 0 Å². The van der Waals surface area contributed by atoms with Crippen molar-refractivity contribution >= 4 is 17.5 Å². The number of nitrogens with zero attached hydrogens (tertiary/aromatic N) is 1. The number of hydrogen-bond acceptors (Lipinski definition) is 4. The van der Waals surface area contributed by atoms with E-state index >= 15 is 0 Å². The van der Waals surface area contributed by atoms with Gasteiger partial charge < -0.3 is 4.84 Å². The Kier molecular flexibility index (Phi) is 4.89. The lowest BCUT2D eigenvalue weighted by Gasteiger charge is -2.14. The number of hydrogen-bond donors (Lipinski definition) is 0. The van der Waals surface area contributed by atoms with Crippen LogP contribution in [0, 0.1) is 18.7 Å². The largest absolute Gasteiger partial charge is 0.366 e. The van der Waals surface area contributed by atoms with Gasteiger partial charge in [-0.3, -0.25) is 4.79 Å². The predicted octanol–water partition coefficient (Wildman–Crippen LogP) is 3.76. The molecule has 1 aliphatic rings. The van der Waals surface area contributed by atoms with Gasteiger partial charge in [0.15, 0.2) is 5.78 Å². The van der Waals surface area contributed by atoms with E-state index in [2.05, 4.69) is 5.16 Å². The molecule has 0 aromatic heterocycles. The zero-order valence-electron chi connectivity index (χ0n) is 13.5. The highest BCUT2D eigenvalue weighted by molar-refractivity contribution is 6.21. The molecule has 0 saturated carbocycles. The average Bonchev–Trinajstić information content (AvgIpc) is 2.48. The summed E-state index contributed by atoms with van der Waals surface area (Å²) in [5, 5.41) is 3.83. The monoisotopic (exact) mass is 315 g/mol. The van der Waals surface area contributed by atoms with Gasteiger partial charge in [-0.1, -0.05) is 25.1 Å². The van der Waals surface area contributed by atoms with Gasteiger partial charge in [-0.25, -0.2) is 9.18 Å². The number of aryl methyl sites for hydroxylation is 1. The van der Waals surface area contributed by atoms with E-state index in [9.17, 15) is 14.0 Å². The van der Waals surface area contributed by atoms with E-state index in [0.29, 0.717) is 22.4 Å². The maximum Gasteiger partial charge on any atom is 0.366 e.